The minimum Gasteiger partial charge on any atom is -0.349 e. The molecule has 0 saturated heterocycles. The maximum absolute atomic E-state index is 13.9. The fraction of sp³-hybridized carbons (Fsp3) is 0.130. The molecule has 29 heavy (non-hydrogen) atoms. The highest BCUT2D eigenvalue weighted by Gasteiger charge is 2.23. The molecule has 2 N–H and O–H groups in total. The molecule has 0 spiro atoms. The average molecular weight is 406 g/mol. The molecule has 4 rings (SSSR count). The molecule has 1 heterocycles. The van der Waals surface area contributed by atoms with Crippen molar-refractivity contribution in [3.63, 3.8) is 0 Å². The van der Waals surface area contributed by atoms with E-state index in [4.69, 9.17) is 0 Å². The molecular weight excluding hydrogens is 387 g/mol. The zero-order chi connectivity index (χ0) is 20.2. The fourth-order valence-corrected chi connectivity index (χ4v) is 3.73. The first kappa shape index (κ1) is 19.1. The minimum absolute atomic E-state index is 0.0892. The van der Waals surface area contributed by atoms with E-state index in [2.05, 4.69) is 10.6 Å². The number of thiophene rings is 1. The first-order chi connectivity index (χ1) is 14.1. The van der Waals surface area contributed by atoms with Crippen molar-refractivity contribution in [2.24, 2.45) is 0 Å². The summed E-state index contributed by atoms with van der Waals surface area (Å²) in [6.45, 7) is 0. The number of hydrogen-bond donors (Lipinski definition) is 2. The highest BCUT2D eigenvalue weighted by molar-refractivity contribution is 7.16. The van der Waals surface area contributed by atoms with Crippen LogP contribution >= 0.6 is 11.3 Å². The third-order valence-electron chi connectivity index (χ3n) is 4.49. The Labute approximate surface area is 172 Å². The van der Waals surface area contributed by atoms with E-state index in [-0.39, 0.29) is 17.6 Å². The molecule has 0 unspecified atom stereocenters. The molecule has 1 fully saturated rings. The molecule has 1 aromatic heterocycles. The number of amides is 2. The van der Waals surface area contributed by atoms with Crippen LogP contribution in [-0.2, 0) is 4.79 Å². The van der Waals surface area contributed by atoms with Gasteiger partial charge < -0.3 is 10.6 Å². The Kier molecular flexibility index (Phi) is 5.53. The Hall–Kier alpha value is -3.25. The first-order valence-corrected chi connectivity index (χ1v) is 10.1. The molecule has 1 saturated carbocycles. The largest absolute Gasteiger partial charge is 0.349 e. The van der Waals surface area contributed by atoms with Gasteiger partial charge in [0.2, 0.25) is 5.91 Å². The lowest BCUT2D eigenvalue weighted by atomic mass is 10.2. The van der Waals surface area contributed by atoms with Gasteiger partial charge in [-0.1, -0.05) is 18.2 Å². The molecule has 4 nitrogen and oxygen atoms in total. The second-order valence-electron chi connectivity index (χ2n) is 6.83. The Bertz CT molecular complexity index is 1070. The number of carbonyl (C=O) groups excluding carboxylic acids is 2. The van der Waals surface area contributed by atoms with Crippen LogP contribution in [0.2, 0.25) is 0 Å². The topological polar surface area (TPSA) is 58.2 Å². The van der Waals surface area contributed by atoms with E-state index in [1.807, 2.05) is 12.1 Å². The van der Waals surface area contributed by atoms with Crippen molar-refractivity contribution in [1.29, 1.82) is 0 Å². The molecule has 2 aromatic carbocycles. The zero-order valence-corrected chi connectivity index (χ0v) is 16.3. The summed E-state index contributed by atoms with van der Waals surface area (Å²) >= 11 is 1.41. The number of rotatable bonds is 6. The van der Waals surface area contributed by atoms with Crippen molar-refractivity contribution in [2.45, 2.75) is 18.9 Å². The Morgan fingerprint density at radius 2 is 1.76 bits per heavy atom. The van der Waals surface area contributed by atoms with Gasteiger partial charge in [0.15, 0.2) is 0 Å². The Morgan fingerprint density at radius 3 is 2.48 bits per heavy atom. The standard InChI is InChI=1S/C23H19FN2O2S/c24-20-4-2-1-3-19(20)21-13-11-18(29-21)12-14-22(27)25-16-7-5-15(6-8-16)23(28)26-17-9-10-17/h1-8,11-14,17H,9-10H2,(H,25,27)(H,26,28)/b14-12+. The van der Waals surface area contributed by atoms with Crippen LogP contribution in [0.3, 0.4) is 0 Å². The molecule has 3 aromatic rings. The van der Waals surface area contributed by atoms with E-state index in [1.54, 1.807) is 48.5 Å². The molecule has 0 aliphatic heterocycles. The average Bonchev–Trinajstić information content (AvgIpc) is 3.41. The smallest absolute Gasteiger partial charge is 0.251 e. The summed E-state index contributed by atoms with van der Waals surface area (Å²) in [5, 5.41) is 5.69. The van der Waals surface area contributed by atoms with Gasteiger partial charge >= 0.3 is 0 Å². The van der Waals surface area contributed by atoms with E-state index in [0.29, 0.717) is 22.9 Å². The van der Waals surface area contributed by atoms with Gasteiger partial charge in [-0.2, -0.15) is 0 Å². The van der Waals surface area contributed by atoms with Crippen molar-refractivity contribution >= 4 is 34.9 Å². The molecule has 0 radical (unpaired) electrons. The first-order valence-electron chi connectivity index (χ1n) is 9.33. The summed E-state index contributed by atoms with van der Waals surface area (Å²) in [6, 6.07) is 17.4. The number of halogens is 1. The number of nitrogens with one attached hydrogen (secondary N) is 2. The number of benzene rings is 2. The highest BCUT2D eigenvalue weighted by atomic mass is 32.1. The fourth-order valence-electron chi connectivity index (χ4n) is 2.79. The summed E-state index contributed by atoms with van der Waals surface area (Å²) in [5.41, 5.74) is 1.73. The van der Waals surface area contributed by atoms with E-state index in [0.717, 1.165) is 22.6 Å². The van der Waals surface area contributed by atoms with Gasteiger partial charge in [-0.3, -0.25) is 9.59 Å². The maximum Gasteiger partial charge on any atom is 0.251 e. The van der Waals surface area contributed by atoms with Gasteiger partial charge in [0, 0.05) is 38.7 Å². The number of anilines is 1. The van der Waals surface area contributed by atoms with Crippen LogP contribution in [0.15, 0.2) is 66.7 Å². The quantitative estimate of drug-likeness (QED) is 0.560. The third kappa shape index (κ3) is 4.97. The zero-order valence-electron chi connectivity index (χ0n) is 15.5. The van der Waals surface area contributed by atoms with Crippen LogP contribution in [0.5, 0.6) is 0 Å². The molecule has 2 amide bonds. The van der Waals surface area contributed by atoms with Gasteiger partial charge in [0.25, 0.3) is 5.91 Å². The van der Waals surface area contributed by atoms with Gasteiger partial charge in [-0.15, -0.1) is 11.3 Å². The lowest BCUT2D eigenvalue weighted by molar-refractivity contribution is -0.111. The number of hydrogen-bond acceptors (Lipinski definition) is 3. The number of carbonyl (C=O) groups is 2. The third-order valence-corrected chi connectivity index (χ3v) is 5.58. The van der Waals surface area contributed by atoms with Gasteiger partial charge in [0.1, 0.15) is 5.82 Å². The SMILES string of the molecule is O=C(/C=C/c1ccc(-c2ccccc2F)s1)Nc1ccc(C(=O)NC2CC2)cc1. The van der Waals surface area contributed by atoms with E-state index >= 15 is 0 Å². The second kappa shape index (κ2) is 8.41. The monoisotopic (exact) mass is 406 g/mol. The maximum atomic E-state index is 13.9. The second-order valence-corrected chi connectivity index (χ2v) is 7.94. The molecule has 6 heteroatoms. The highest BCUT2D eigenvalue weighted by Crippen LogP contribution is 2.30. The minimum atomic E-state index is -0.277. The molecule has 1 aliphatic rings. The lowest BCUT2D eigenvalue weighted by Crippen LogP contribution is -2.25. The van der Waals surface area contributed by atoms with E-state index < -0.39 is 0 Å². The van der Waals surface area contributed by atoms with Crippen molar-refractivity contribution in [2.75, 3.05) is 5.32 Å². The van der Waals surface area contributed by atoms with Crippen molar-refractivity contribution in [3.8, 4) is 10.4 Å². The molecule has 0 bridgehead atoms. The van der Waals surface area contributed by atoms with Crippen molar-refractivity contribution < 1.29 is 14.0 Å². The Morgan fingerprint density at radius 1 is 1.00 bits per heavy atom. The van der Waals surface area contributed by atoms with Crippen LogP contribution in [0.1, 0.15) is 28.1 Å². The van der Waals surface area contributed by atoms with Crippen LogP contribution < -0.4 is 10.6 Å². The van der Waals surface area contributed by atoms with Crippen LogP contribution in [0.25, 0.3) is 16.5 Å². The van der Waals surface area contributed by atoms with E-state index in [9.17, 15) is 14.0 Å². The predicted octanol–water partition coefficient (Wildman–Crippen LogP) is 5.10. The van der Waals surface area contributed by atoms with Gasteiger partial charge in [-0.05, 0) is 61.4 Å². The molecular formula is C23H19FN2O2S. The van der Waals surface area contributed by atoms with Crippen molar-refractivity contribution in [3.05, 3.63) is 83.0 Å². The van der Waals surface area contributed by atoms with Crippen molar-refractivity contribution in [1.82, 2.24) is 5.32 Å². The van der Waals surface area contributed by atoms with Crippen LogP contribution in [-0.4, -0.2) is 17.9 Å². The summed E-state index contributed by atoms with van der Waals surface area (Å²) in [5.74, 6) is -0.633. The summed E-state index contributed by atoms with van der Waals surface area (Å²) in [6.07, 6.45) is 5.21. The van der Waals surface area contributed by atoms with Crippen LogP contribution in [0, 0.1) is 5.82 Å². The summed E-state index contributed by atoms with van der Waals surface area (Å²) < 4.78 is 13.9. The molecule has 146 valence electrons. The molecule has 0 atom stereocenters. The Balaban J connectivity index is 1.35. The normalized spacial score (nSPS) is 13.4. The van der Waals surface area contributed by atoms with Gasteiger partial charge in [0.05, 0.1) is 0 Å². The van der Waals surface area contributed by atoms with E-state index in [1.165, 1.54) is 23.5 Å². The van der Waals surface area contributed by atoms with Gasteiger partial charge in [-0.25, -0.2) is 4.39 Å². The lowest BCUT2D eigenvalue weighted by Gasteiger charge is -2.05. The molecule has 1 aliphatic carbocycles. The summed E-state index contributed by atoms with van der Waals surface area (Å²) in [7, 11) is 0. The summed E-state index contributed by atoms with van der Waals surface area (Å²) in [4.78, 5) is 25.8. The van der Waals surface area contributed by atoms with Crippen LogP contribution in [0.4, 0.5) is 10.1 Å². The predicted molar refractivity (Wildman–Crippen MR) is 114 cm³/mol.